The highest BCUT2D eigenvalue weighted by Crippen LogP contribution is 2.14. The van der Waals surface area contributed by atoms with Gasteiger partial charge in [-0.25, -0.2) is 0 Å². The maximum atomic E-state index is 5.86. The van der Waals surface area contributed by atoms with Crippen LogP contribution in [-0.2, 0) is 0 Å². The number of nitrogens with zero attached hydrogens (tertiary/aromatic N) is 4. The molecule has 0 amide bonds. The fourth-order valence-electron chi connectivity index (χ4n) is 2.33. The van der Waals surface area contributed by atoms with E-state index in [-0.39, 0.29) is 11.3 Å². The lowest BCUT2D eigenvalue weighted by Crippen LogP contribution is -2.41. The van der Waals surface area contributed by atoms with E-state index < -0.39 is 0 Å². The summed E-state index contributed by atoms with van der Waals surface area (Å²) in [5.74, 6) is 0.470. The minimum Gasteiger partial charge on any atom is -0.464 e. The fraction of sp³-hybridized carbons (Fsp3) is 0.769. The van der Waals surface area contributed by atoms with E-state index >= 15 is 0 Å². The van der Waals surface area contributed by atoms with Gasteiger partial charge in [0.25, 0.3) is 0 Å². The Labute approximate surface area is 124 Å². The van der Waals surface area contributed by atoms with Gasteiger partial charge >= 0.3 is 6.01 Å². The van der Waals surface area contributed by atoms with Gasteiger partial charge in [-0.3, -0.25) is 4.90 Å². The van der Waals surface area contributed by atoms with E-state index in [1.165, 1.54) is 32.4 Å². The smallest absolute Gasteiger partial charge is 0.322 e. The molecule has 1 aromatic rings. The van der Waals surface area contributed by atoms with Crippen molar-refractivity contribution in [3.8, 4) is 6.01 Å². The molecule has 2 heterocycles. The van der Waals surface area contributed by atoms with Gasteiger partial charge in [0.1, 0.15) is 0 Å². The molecule has 0 spiro atoms. The Morgan fingerprint density at radius 1 is 1.25 bits per heavy atom. The molecule has 1 aliphatic rings. The number of nitrogens with one attached hydrogen (secondary N) is 1. The third kappa shape index (κ3) is 4.45. The molecule has 0 bridgehead atoms. The van der Waals surface area contributed by atoms with Crippen molar-refractivity contribution < 1.29 is 4.74 Å². The Balaban J connectivity index is 1.89. The van der Waals surface area contributed by atoms with Crippen LogP contribution in [0, 0.1) is 0 Å². The zero-order valence-corrected chi connectivity index (χ0v) is 12.9. The molecule has 7 heteroatoms. The standard InChI is InChI=1S/C13H22ClN5O/c1-3-20-13-17-11(14)16-12(18-13)15-9-10(2)19-7-5-4-6-8-19/h10H,3-9H2,1-2H3,(H,15,16,17,18). The van der Waals surface area contributed by atoms with Gasteiger partial charge < -0.3 is 10.1 Å². The molecule has 0 saturated carbocycles. The average Bonchev–Trinajstić information content (AvgIpc) is 2.45. The number of anilines is 1. The third-order valence-corrected chi connectivity index (χ3v) is 3.60. The molecule has 0 aromatic carbocycles. The molecule has 6 nitrogen and oxygen atoms in total. The molecule has 20 heavy (non-hydrogen) atoms. The predicted molar refractivity (Wildman–Crippen MR) is 79.4 cm³/mol. The molecular weight excluding hydrogens is 278 g/mol. The largest absolute Gasteiger partial charge is 0.464 e. The van der Waals surface area contributed by atoms with Crippen LogP contribution < -0.4 is 10.1 Å². The summed E-state index contributed by atoms with van der Waals surface area (Å²) in [5.41, 5.74) is 0. The van der Waals surface area contributed by atoms with E-state index in [4.69, 9.17) is 16.3 Å². The van der Waals surface area contributed by atoms with Crippen LogP contribution in [-0.4, -0.2) is 52.1 Å². The number of ether oxygens (including phenoxy) is 1. The van der Waals surface area contributed by atoms with Gasteiger partial charge in [0.05, 0.1) is 6.61 Å². The van der Waals surface area contributed by atoms with Crippen molar-refractivity contribution in [2.75, 3.05) is 31.6 Å². The number of halogens is 1. The number of aromatic nitrogens is 3. The van der Waals surface area contributed by atoms with Crippen molar-refractivity contribution in [2.24, 2.45) is 0 Å². The van der Waals surface area contributed by atoms with Crippen LogP contribution in [0.3, 0.4) is 0 Å². The predicted octanol–water partition coefficient (Wildman–Crippen LogP) is 2.21. The maximum Gasteiger partial charge on any atom is 0.322 e. The van der Waals surface area contributed by atoms with Crippen molar-refractivity contribution in [2.45, 2.75) is 39.2 Å². The van der Waals surface area contributed by atoms with Crippen LogP contribution in [0.25, 0.3) is 0 Å². The summed E-state index contributed by atoms with van der Waals surface area (Å²) >= 11 is 5.86. The molecule has 1 aliphatic heterocycles. The molecule has 1 fully saturated rings. The summed E-state index contributed by atoms with van der Waals surface area (Å²) in [5, 5.41) is 3.36. The molecular formula is C13H22ClN5O. The summed E-state index contributed by atoms with van der Waals surface area (Å²) < 4.78 is 5.25. The van der Waals surface area contributed by atoms with Crippen molar-refractivity contribution >= 4 is 17.5 Å². The lowest BCUT2D eigenvalue weighted by atomic mass is 10.1. The van der Waals surface area contributed by atoms with Crippen molar-refractivity contribution in [3.05, 3.63) is 5.28 Å². The molecule has 1 aromatic heterocycles. The van der Waals surface area contributed by atoms with E-state index in [9.17, 15) is 0 Å². The maximum absolute atomic E-state index is 5.86. The summed E-state index contributed by atoms with van der Waals surface area (Å²) in [6.45, 7) is 7.72. The quantitative estimate of drug-likeness (QED) is 0.869. The van der Waals surface area contributed by atoms with Crippen LogP contribution in [0.4, 0.5) is 5.95 Å². The average molecular weight is 300 g/mol. The van der Waals surface area contributed by atoms with Gasteiger partial charge in [-0.05, 0) is 51.4 Å². The van der Waals surface area contributed by atoms with E-state index in [0.29, 0.717) is 18.6 Å². The van der Waals surface area contributed by atoms with Gasteiger partial charge in [0, 0.05) is 12.6 Å². The summed E-state index contributed by atoms with van der Waals surface area (Å²) in [7, 11) is 0. The molecule has 1 atom stereocenters. The monoisotopic (exact) mass is 299 g/mol. The molecule has 1 saturated heterocycles. The minimum absolute atomic E-state index is 0.150. The molecule has 1 N–H and O–H groups in total. The Kier molecular flexibility index (Phi) is 5.79. The zero-order chi connectivity index (χ0) is 14.4. The first-order valence-electron chi connectivity index (χ1n) is 7.21. The van der Waals surface area contributed by atoms with Gasteiger partial charge in [0.2, 0.25) is 11.2 Å². The van der Waals surface area contributed by atoms with Gasteiger partial charge in [-0.2, -0.15) is 15.0 Å². The van der Waals surface area contributed by atoms with Gasteiger partial charge in [0.15, 0.2) is 0 Å². The SMILES string of the molecule is CCOc1nc(Cl)nc(NCC(C)N2CCCCC2)n1. The lowest BCUT2D eigenvalue weighted by Gasteiger charge is -2.32. The van der Waals surface area contributed by atoms with E-state index in [1.54, 1.807) is 0 Å². The Bertz CT molecular complexity index is 425. The Morgan fingerprint density at radius 3 is 2.70 bits per heavy atom. The van der Waals surface area contributed by atoms with Crippen molar-refractivity contribution in [3.63, 3.8) is 0 Å². The molecule has 112 valence electrons. The van der Waals surface area contributed by atoms with Gasteiger partial charge in [-0.1, -0.05) is 6.42 Å². The van der Waals surface area contributed by atoms with E-state index in [1.807, 2.05) is 6.92 Å². The van der Waals surface area contributed by atoms with Crippen LogP contribution >= 0.6 is 11.6 Å². The first-order valence-corrected chi connectivity index (χ1v) is 7.59. The molecule has 0 radical (unpaired) electrons. The van der Waals surface area contributed by atoms with E-state index in [2.05, 4.69) is 32.1 Å². The second-order valence-electron chi connectivity index (χ2n) is 4.97. The molecule has 1 unspecified atom stereocenters. The Hall–Kier alpha value is -1.14. The minimum atomic E-state index is 0.150. The molecule has 2 rings (SSSR count). The van der Waals surface area contributed by atoms with Crippen molar-refractivity contribution in [1.29, 1.82) is 0 Å². The highest BCUT2D eigenvalue weighted by molar-refractivity contribution is 6.28. The summed E-state index contributed by atoms with van der Waals surface area (Å²) in [6, 6.07) is 0.710. The third-order valence-electron chi connectivity index (χ3n) is 3.43. The highest BCUT2D eigenvalue weighted by atomic mass is 35.5. The number of piperidine rings is 1. The second-order valence-corrected chi connectivity index (χ2v) is 5.31. The van der Waals surface area contributed by atoms with E-state index in [0.717, 1.165) is 6.54 Å². The normalized spacial score (nSPS) is 17.8. The summed E-state index contributed by atoms with van der Waals surface area (Å²) in [6.07, 6.45) is 3.92. The second kappa shape index (κ2) is 7.59. The van der Waals surface area contributed by atoms with Crippen molar-refractivity contribution in [1.82, 2.24) is 19.9 Å². The number of hydrogen-bond acceptors (Lipinski definition) is 6. The number of likely N-dealkylation sites (tertiary alicyclic amines) is 1. The Morgan fingerprint density at radius 2 is 2.00 bits per heavy atom. The van der Waals surface area contributed by atoms with Gasteiger partial charge in [-0.15, -0.1) is 0 Å². The topological polar surface area (TPSA) is 63.2 Å². The zero-order valence-electron chi connectivity index (χ0n) is 12.1. The molecule has 0 aliphatic carbocycles. The van der Waals surface area contributed by atoms with Crippen LogP contribution in [0.15, 0.2) is 0 Å². The lowest BCUT2D eigenvalue weighted by molar-refractivity contribution is 0.180. The first kappa shape index (κ1) is 15.3. The summed E-state index contributed by atoms with van der Waals surface area (Å²) in [4.78, 5) is 14.6. The van der Waals surface area contributed by atoms with Crippen LogP contribution in [0.2, 0.25) is 5.28 Å². The number of hydrogen-bond donors (Lipinski definition) is 1. The fourth-order valence-corrected chi connectivity index (χ4v) is 2.48. The first-order chi connectivity index (χ1) is 9.69. The highest BCUT2D eigenvalue weighted by Gasteiger charge is 2.16. The van der Waals surface area contributed by atoms with Crippen LogP contribution in [0.5, 0.6) is 6.01 Å². The van der Waals surface area contributed by atoms with Crippen LogP contribution in [0.1, 0.15) is 33.1 Å². The number of rotatable bonds is 6.